The first-order valence-corrected chi connectivity index (χ1v) is 8.32. The molecule has 1 atom stereocenters. The smallest absolute Gasteiger partial charge is 0.254 e. The van der Waals surface area contributed by atoms with Crippen LogP contribution in [0, 0.1) is 20.8 Å². The Morgan fingerprint density at radius 2 is 2.04 bits per heavy atom. The fraction of sp³-hybridized carbons (Fsp3) is 0.421. The molecular weight excluding hydrogens is 318 g/mol. The minimum atomic E-state index is -0.183. The second kappa shape index (κ2) is 7.96. The first-order chi connectivity index (χ1) is 11.8. The molecule has 0 saturated heterocycles. The normalized spacial score (nSPS) is 11.9. The number of aryl methyl sites for hydroxylation is 3. The third kappa shape index (κ3) is 4.68. The topological polar surface area (TPSA) is 84.1 Å². The van der Waals surface area contributed by atoms with Crippen LogP contribution in [0.5, 0.6) is 5.75 Å². The van der Waals surface area contributed by atoms with Gasteiger partial charge in [0.25, 0.3) is 5.56 Å². The molecule has 0 aliphatic carbocycles. The number of nitrogens with one attached hydrogen (secondary N) is 2. The van der Waals surface area contributed by atoms with Crippen LogP contribution in [0.1, 0.15) is 47.6 Å². The largest absolute Gasteiger partial charge is 0.496 e. The van der Waals surface area contributed by atoms with E-state index in [0.717, 1.165) is 16.9 Å². The van der Waals surface area contributed by atoms with Crippen LogP contribution < -0.4 is 15.6 Å². The van der Waals surface area contributed by atoms with Gasteiger partial charge in [0.2, 0.25) is 5.91 Å². The van der Waals surface area contributed by atoms with E-state index in [1.54, 1.807) is 21.0 Å². The molecule has 25 heavy (non-hydrogen) atoms. The van der Waals surface area contributed by atoms with Gasteiger partial charge >= 0.3 is 0 Å². The van der Waals surface area contributed by atoms with Gasteiger partial charge in [0.15, 0.2) is 0 Å². The molecule has 1 heterocycles. The van der Waals surface area contributed by atoms with E-state index in [9.17, 15) is 9.59 Å². The van der Waals surface area contributed by atoms with Gasteiger partial charge in [-0.05, 0) is 40.2 Å². The van der Waals surface area contributed by atoms with Gasteiger partial charge in [0, 0.05) is 23.2 Å². The highest BCUT2D eigenvalue weighted by Gasteiger charge is 2.15. The molecule has 1 aromatic carbocycles. The molecule has 2 rings (SSSR count). The van der Waals surface area contributed by atoms with Crippen LogP contribution >= 0.6 is 0 Å². The molecule has 0 spiro atoms. The Hall–Kier alpha value is -2.63. The number of rotatable bonds is 6. The molecule has 0 aliphatic rings. The molecule has 0 saturated carbocycles. The summed E-state index contributed by atoms with van der Waals surface area (Å²) in [6.07, 6.45) is 0.588. The lowest BCUT2D eigenvalue weighted by molar-refractivity contribution is -0.121. The van der Waals surface area contributed by atoms with Crippen LogP contribution in [-0.2, 0) is 11.2 Å². The van der Waals surface area contributed by atoms with Gasteiger partial charge in [-0.15, -0.1) is 0 Å². The maximum Gasteiger partial charge on any atom is 0.254 e. The second-order valence-corrected chi connectivity index (χ2v) is 6.25. The first kappa shape index (κ1) is 18.7. The second-order valence-electron chi connectivity index (χ2n) is 6.25. The Morgan fingerprint density at radius 3 is 2.68 bits per heavy atom. The maximum atomic E-state index is 12.3. The van der Waals surface area contributed by atoms with Gasteiger partial charge in [0.1, 0.15) is 11.6 Å². The van der Waals surface area contributed by atoms with Crippen molar-refractivity contribution in [1.82, 2.24) is 15.3 Å². The van der Waals surface area contributed by atoms with Gasteiger partial charge in [-0.1, -0.05) is 17.7 Å². The highest BCUT2D eigenvalue weighted by atomic mass is 16.5. The molecule has 1 aromatic heterocycles. The number of amides is 1. The molecule has 2 N–H and O–H groups in total. The molecular formula is C19H25N3O3. The van der Waals surface area contributed by atoms with Crippen molar-refractivity contribution >= 4 is 5.91 Å². The number of nitrogens with zero attached hydrogens (tertiary/aromatic N) is 1. The van der Waals surface area contributed by atoms with Gasteiger partial charge in [0.05, 0.1) is 13.2 Å². The zero-order chi connectivity index (χ0) is 18.6. The van der Waals surface area contributed by atoms with Crippen molar-refractivity contribution in [1.29, 1.82) is 0 Å². The summed E-state index contributed by atoms with van der Waals surface area (Å²) in [5.41, 5.74) is 3.09. The summed E-state index contributed by atoms with van der Waals surface area (Å²) in [5, 5.41) is 2.97. The maximum absolute atomic E-state index is 12.3. The van der Waals surface area contributed by atoms with Gasteiger partial charge < -0.3 is 15.0 Å². The van der Waals surface area contributed by atoms with E-state index in [1.165, 1.54) is 0 Å². The molecule has 6 heteroatoms. The minimum absolute atomic E-state index is 0.115. The number of methoxy groups -OCH3 is 1. The lowest BCUT2D eigenvalue weighted by Crippen LogP contribution is -2.28. The number of hydrogen-bond donors (Lipinski definition) is 2. The third-order valence-electron chi connectivity index (χ3n) is 4.17. The summed E-state index contributed by atoms with van der Waals surface area (Å²) < 4.78 is 5.37. The van der Waals surface area contributed by atoms with E-state index in [2.05, 4.69) is 15.3 Å². The highest BCUT2D eigenvalue weighted by Crippen LogP contribution is 2.26. The Balaban J connectivity index is 2.04. The summed E-state index contributed by atoms with van der Waals surface area (Å²) in [4.78, 5) is 31.2. The van der Waals surface area contributed by atoms with E-state index in [4.69, 9.17) is 4.74 Å². The van der Waals surface area contributed by atoms with Crippen molar-refractivity contribution in [2.45, 2.75) is 46.6 Å². The van der Waals surface area contributed by atoms with Crippen molar-refractivity contribution in [3.05, 3.63) is 56.8 Å². The molecule has 0 aliphatic heterocycles. The van der Waals surface area contributed by atoms with Crippen molar-refractivity contribution < 1.29 is 9.53 Å². The van der Waals surface area contributed by atoms with Gasteiger partial charge in [-0.3, -0.25) is 9.59 Å². The van der Waals surface area contributed by atoms with Crippen molar-refractivity contribution in [3.63, 3.8) is 0 Å². The predicted octanol–water partition coefficient (Wildman–Crippen LogP) is 2.51. The zero-order valence-corrected chi connectivity index (χ0v) is 15.4. The number of benzene rings is 1. The number of aromatic nitrogens is 2. The Kier molecular flexibility index (Phi) is 5.96. The molecule has 0 fully saturated rings. The Bertz CT molecular complexity index is 827. The fourth-order valence-electron chi connectivity index (χ4n) is 2.87. The molecule has 134 valence electrons. The monoisotopic (exact) mass is 343 g/mol. The number of hydrogen-bond acceptors (Lipinski definition) is 4. The Morgan fingerprint density at radius 1 is 1.32 bits per heavy atom. The van der Waals surface area contributed by atoms with Gasteiger partial charge in [-0.25, -0.2) is 4.98 Å². The highest BCUT2D eigenvalue weighted by molar-refractivity contribution is 5.76. The molecule has 1 amide bonds. The lowest BCUT2D eigenvalue weighted by Gasteiger charge is -2.18. The SMILES string of the molecule is COc1ccc(C)cc1[C@H](C)NC(=O)CCc1c(C)nc(C)[nH]c1=O. The fourth-order valence-corrected chi connectivity index (χ4v) is 2.87. The summed E-state index contributed by atoms with van der Waals surface area (Å²) in [7, 11) is 1.61. The van der Waals surface area contributed by atoms with Crippen LogP contribution in [0.3, 0.4) is 0 Å². The number of carbonyl (C=O) groups excluding carboxylic acids is 1. The molecule has 6 nitrogen and oxygen atoms in total. The van der Waals surface area contributed by atoms with Crippen LogP contribution in [-0.4, -0.2) is 23.0 Å². The third-order valence-corrected chi connectivity index (χ3v) is 4.17. The number of H-pyrrole nitrogens is 1. The van der Waals surface area contributed by atoms with Crippen molar-refractivity contribution in [3.8, 4) is 5.75 Å². The van der Waals surface area contributed by atoms with Crippen LogP contribution in [0.15, 0.2) is 23.0 Å². The van der Waals surface area contributed by atoms with E-state index in [1.807, 2.05) is 32.0 Å². The standard InChI is InChI=1S/C19H25N3O3/c1-11-6-8-17(25-5)16(10-11)13(3)21-18(23)9-7-15-12(2)20-14(4)22-19(15)24/h6,8,10,13H,7,9H2,1-5H3,(H,21,23)(H,20,22,24)/t13-/m0/s1. The number of aromatic amines is 1. The van der Waals surface area contributed by atoms with Crippen molar-refractivity contribution in [2.24, 2.45) is 0 Å². The van der Waals surface area contributed by atoms with Crippen LogP contribution in [0.25, 0.3) is 0 Å². The van der Waals surface area contributed by atoms with E-state index in [0.29, 0.717) is 23.5 Å². The molecule has 0 bridgehead atoms. The van der Waals surface area contributed by atoms with E-state index < -0.39 is 0 Å². The lowest BCUT2D eigenvalue weighted by atomic mass is 10.0. The minimum Gasteiger partial charge on any atom is -0.496 e. The molecule has 0 radical (unpaired) electrons. The average Bonchev–Trinajstić information content (AvgIpc) is 2.53. The zero-order valence-electron chi connectivity index (χ0n) is 15.4. The summed E-state index contributed by atoms with van der Waals surface area (Å²) in [6, 6.07) is 5.69. The summed E-state index contributed by atoms with van der Waals surface area (Å²) in [5.74, 6) is 1.21. The average molecular weight is 343 g/mol. The summed E-state index contributed by atoms with van der Waals surface area (Å²) >= 11 is 0. The van der Waals surface area contributed by atoms with Crippen LogP contribution in [0.4, 0.5) is 0 Å². The van der Waals surface area contributed by atoms with E-state index in [-0.39, 0.29) is 23.9 Å². The number of carbonyl (C=O) groups is 1. The van der Waals surface area contributed by atoms with Crippen molar-refractivity contribution in [2.75, 3.05) is 7.11 Å². The first-order valence-electron chi connectivity index (χ1n) is 8.32. The van der Waals surface area contributed by atoms with Crippen LogP contribution in [0.2, 0.25) is 0 Å². The molecule has 2 aromatic rings. The summed E-state index contributed by atoms with van der Waals surface area (Å²) in [6.45, 7) is 7.44. The molecule has 0 unspecified atom stereocenters. The number of ether oxygens (including phenoxy) is 1. The quantitative estimate of drug-likeness (QED) is 0.844. The predicted molar refractivity (Wildman–Crippen MR) is 96.9 cm³/mol. The van der Waals surface area contributed by atoms with Gasteiger partial charge in [-0.2, -0.15) is 0 Å². The Labute approximate surface area is 147 Å². The van der Waals surface area contributed by atoms with E-state index >= 15 is 0 Å².